The standard InChI is InChI=1S/C42H27O3P/c43-46(32-11-3-1-4-12-32,33-13-5-2-6-14-33)34-23-21-29-25-28(19-20-30(29)26-34)31-22-24-39-40(27-31)45-42-38-18-10-8-16-36(38)35-15-7-9-17-37(35)41(42)44-39/h1-27H. The van der Waals surface area contributed by atoms with Gasteiger partial charge in [0.05, 0.1) is 0 Å². The normalized spacial score (nSPS) is 12.3. The zero-order chi connectivity index (χ0) is 30.7. The van der Waals surface area contributed by atoms with Crippen LogP contribution in [0.1, 0.15) is 0 Å². The zero-order valence-electron chi connectivity index (χ0n) is 24.8. The Morgan fingerprint density at radius 3 is 1.48 bits per heavy atom. The van der Waals surface area contributed by atoms with Crippen LogP contribution in [-0.4, -0.2) is 0 Å². The number of benzene rings is 8. The highest BCUT2D eigenvalue weighted by Crippen LogP contribution is 2.53. The molecule has 0 fully saturated rings. The van der Waals surface area contributed by atoms with E-state index in [1.165, 1.54) is 0 Å². The smallest absolute Gasteiger partial charge is 0.178 e. The second kappa shape index (κ2) is 10.5. The van der Waals surface area contributed by atoms with E-state index in [0.29, 0.717) is 11.5 Å². The van der Waals surface area contributed by atoms with Crippen molar-refractivity contribution in [2.45, 2.75) is 0 Å². The Morgan fingerprint density at radius 1 is 0.370 bits per heavy atom. The van der Waals surface area contributed by atoms with Crippen LogP contribution in [0.15, 0.2) is 164 Å². The van der Waals surface area contributed by atoms with Gasteiger partial charge in [0.2, 0.25) is 0 Å². The highest BCUT2D eigenvalue weighted by atomic mass is 31.2. The van der Waals surface area contributed by atoms with Gasteiger partial charge in [0.15, 0.2) is 30.1 Å². The second-order valence-corrected chi connectivity index (χ2v) is 14.4. The lowest BCUT2D eigenvalue weighted by atomic mass is 9.98. The molecule has 9 rings (SSSR count). The first-order chi connectivity index (χ1) is 22.7. The van der Waals surface area contributed by atoms with E-state index in [1.807, 2.05) is 84.9 Å². The first kappa shape index (κ1) is 26.7. The maximum atomic E-state index is 14.9. The molecule has 1 aliphatic heterocycles. The fraction of sp³-hybridized carbons (Fsp3) is 0. The molecule has 8 aromatic carbocycles. The van der Waals surface area contributed by atoms with Crippen LogP contribution in [0.2, 0.25) is 0 Å². The van der Waals surface area contributed by atoms with Crippen LogP contribution < -0.4 is 25.4 Å². The quantitative estimate of drug-likeness (QED) is 0.147. The van der Waals surface area contributed by atoms with Crippen LogP contribution in [0.25, 0.3) is 43.4 Å². The Hall–Kier alpha value is -5.63. The second-order valence-electron chi connectivity index (χ2n) is 11.6. The lowest BCUT2D eigenvalue weighted by molar-refractivity contribution is 0.367. The molecule has 0 aliphatic carbocycles. The SMILES string of the molecule is O=P(c1ccccc1)(c1ccccc1)c1ccc2cc(-c3ccc4c(c3)Oc3c(c5ccccc5c5ccccc35)O4)ccc2c1. The Labute approximate surface area is 266 Å². The monoisotopic (exact) mass is 610 g/mol. The number of fused-ring (bicyclic) bond motifs is 8. The summed E-state index contributed by atoms with van der Waals surface area (Å²) in [4.78, 5) is 0. The van der Waals surface area contributed by atoms with Crippen LogP contribution in [0.3, 0.4) is 0 Å². The van der Waals surface area contributed by atoms with E-state index in [2.05, 4.69) is 78.9 Å². The topological polar surface area (TPSA) is 35.5 Å². The van der Waals surface area contributed by atoms with Gasteiger partial charge in [-0.15, -0.1) is 0 Å². The molecule has 0 amide bonds. The van der Waals surface area contributed by atoms with Gasteiger partial charge in [-0.1, -0.05) is 140 Å². The summed E-state index contributed by atoms with van der Waals surface area (Å²) in [7, 11) is -3.05. The maximum Gasteiger partial charge on any atom is 0.178 e. The summed E-state index contributed by atoms with van der Waals surface area (Å²) in [5, 5.41) is 8.93. The molecule has 4 heteroatoms. The number of hydrogen-bond donors (Lipinski definition) is 0. The molecule has 0 N–H and O–H groups in total. The van der Waals surface area contributed by atoms with Gasteiger partial charge >= 0.3 is 0 Å². The molecule has 0 atom stereocenters. The third-order valence-electron chi connectivity index (χ3n) is 8.97. The van der Waals surface area contributed by atoms with Crippen LogP contribution in [0.4, 0.5) is 0 Å². The summed E-state index contributed by atoms with van der Waals surface area (Å²) in [6.07, 6.45) is 0. The van der Waals surface area contributed by atoms with Crippen molar-refractivity contribution in [3.8, 4) is 34.1 Å². The third kappa shape index (κ3) is 4.17. The van der Waals surface area contributed by atoms with Gasteiger partial charge in [-0.2, -0.15) is 0 Å². The van der Waals surface area contributed by atoms with E-state index in [1.54, 1.807) is 0 Å². The van der Waals surface area contributed by atoms with Gasteiger partial charge in [-0.25, -0.2) is 0 Å². The average Bonchev–Trinajstić information content (AvgIpc) is 3.14. The van der Waals surface area contributed by atoms with E-state index in [-0.39, 0.29) is 0 Å². The van der Waals surface area contributed by atoms with E-state index in [9.17, 15) is 4.57 Å². The van der Waals surface area contributed by atoms with Crippen molar-refractivity contribution in [2.75, 3.05) is 0 Å². The molecule has 0 unspecified atom stereocenters. The Bertz CT molecular complexity index is 2460. The molecule has 8 aromatic rings. The predicted molar refractivity (Wildman–Crippen MR) is 190 cm³/mol. The summed E-state index contributed by atoms with van der Waals surface area (Å²) >= 11 is 0. The summed E-state index contributed by atoms with van der Waals surface area (Å²) < 4.78 is 28.1. The van der Waals surface area contributed by atoms with Crippen LogP contribution >= 0.6 is 7.14 Å². The molecule has 1 aliphatic rings. The molecule has 0 aromatic heterocycles. The molecule has 0 spiro atoms. The van der Waals surface area contributed by atoms with Crippen molar-refractivity contribution in [1.82, 2.24) is 0 Å². The Balaban J connectivity index is 1.11. The van der Waals surface area contributed by atoms with Crippen molar-refractivity contribution in [2.24, 2.45) is 0 Å². The van der Waals surface area contributed by atoms with Crippen LogP contribution in [0, 0.1) is 0 Å². The first-order valence-electron chi connectivity index (χ1n) is 15.4. The minimum absolute atomic E-state index is 0.688. The van der Waals surface area contributed by atoms with Gasteiger partial charge in [0, 0.05) is 26.7 Å². The summed E-state index contributed by atoms with van der Waals surface area (Å²) in [6.45, 7) is 0. The maximum absolute atomic E-state index is 14.9. The fourth-order valence-electron chi connectivity index (χ4n) is 6.68. The molecule has 46 heavy (non-hydrogen) atoms. The molecule has 0 radical (unpaired) electrons. The van der Waals surface area contributed by atoms with Crippen molar-refractivity contribution in [3.63, 3.8) is 0 Å². The average molecular weight is 611 g/mol. The zero-order valence-corrected chi connectivity index (χ0v) is 25.7. The molecular formula is C42H27O3P. The van der Waals surface area contributed by atoms with E-state index in [0.717, 1.165) is 70.9 Å². The first-order valence-corrected chi connectivity index (χ1v) is 17.1. The molecule has 0 bridgehead atoms. The van der Waals surface area contributed by atoms with Gasteiger partial charge in [-0.3, -0.25) is 0 Å². The fourth-order valence-corrected chi connectivity index (χ4v) is 9.37. The third-order valence-corrected chi connectivity index (χ3v) is 12.0. The molecule has 1 heterocycles. The summed E-state index contributed by atoms with van der Waals surface area (Å²) in [5.41, 5.74) is 2.09. The predicted octanol–water partition coefficient (Wildman–Crippen LogP) is 10.4. The molecular weight excluding hydrogens is 583 g/mol. The molecule has 0 saturated carbocycles. The van der Waals surface area contributed by atoms with E-state index >= 15 is 0 Å². The van der Waals surface area contributed by atoms with Crippen LogP contribution in [0.5, 0.6) is 23.0 Å². The van der Waals surface area contributed by atoms with Gasteiger partial charge < -0.3 is 14.0 Å². The number of ether oxygens (including phenoxy) is 2. The van der Waals surface area contributed by atoms with Crippen molar-refractivity contribution in [1.29, 1.82) is 0 Å². The molecule has 0 saturated heterocycles. The minimum atomic E-state index is -3.05. The highest BCUT2D eigenvalue weighted by Gasteiger charge is 2.30. The van der Waals surface area contributed by atoms with E-state index in [4.69, 9.17) is 9.47 Å². The van der Waals surface area contributed by atoms with Gasteiger partial charge in [0.25, 0.3) is 0 Å². The van der Waals surface area contributed by atoms with Crippen LogP contribution in [-0.2, 0) is 4.57 Å². The van der Waals surface area contributed by atoms with Gasteiger partial charge in [0.1, 0.15) is 0 Å². The molecule has 218 valence electrons. The Morgan fingerprint density at radius 2 is 0.848 bits per heavy atom. The van der Waals surface area contributed by atoms with E-state index < -0.39 is 7.14 Å². The summed E-state index contributed by atoms with van der Waals surface area (Å²) in [5.74, 6) is 2.87. The highest BCUT2D eigenvalue weighted by molar-refractivity contribution is 7.85. The lowest BCUT2D eigenvalue weighted by Crippen LogP contribution is -2.24. The lowest BCUT2D eigenvalue weighted by Gasteiger charge is -2.24. The molecule has 3 nitrogen and oxygen atoms in total. The number of hydrogen-bond acceptors (Lipinski definition) is 3. The number of rotatable bonds is 4. The van der Waals surface area contributed by atoms with Crippen molar-refractivity contribution in [3.05, 3.63) is 164 Å². The van der Waals surface area contributed by atoms with Crippen molar-refractivity contribution >= 4 is 55.4 Å². The van der Waals surface area contributed by atoms with Crippen molar-refractivity contribution < 1.29 is 14.0 Å². The van der Waals surface area contributed by atoms with Gasteiger partial charge in [-0.05, 0) is 56.9 Å². The minimum Gasteiger partial charge on any atom is -0.449 e. The largest absolute Gasteiger partial charge is 0.449 e. The Kier molecular flexibility index (Phi) is 6.09. The summed E-state index contributed by atoms with van der Waals surface area (Å²) in [6, 6.07) is 54.9.